The summed E-state index contributed by atoms with van der Waals surface area (Å²) in [5.74, 6) is -0.135. The Morgan fingerprint density at radius 2 is 2.07 bits per heavy atom. The Balaban J connectivity index is 1.56. The molecule has 1 aromatic carbocycles. The summed E-state index contributed by atoms with van der Waals surface area (Å²) in [5, 5.41) is 8.25. The highest BCUT2D eigenvalue weighted by atomic mass is 32.2. The van der Waals surface area contributed by atoms with Gasteiger partial charge in [0.05, 0.1) is 23.6 Å². The number of fused-ring (bicyclic) bond motifs is 1. The van der Waals surface area contributed by atoms with Gasteiger partial charge in [0.15, 0.2) is 0 Å². The van der Waals surface area contributed by atoms with Crippen LogP contribution in [0.5, 0.6) is 0 Å². The first-order valence-corrected chi connectivity index (χ1v) is 11.7. The number of hydrogen-bond donors (Lipinski definition) is 0. The van der Waals surface area contributed by atoms with Crippen LogP contribution in [0.1, 0.15) is 19.3 Å². The highest BCUT2D eigenvalue weighted by molar-refractivity contribution is 7.89. The zero-order chi connectivity index (χ0) is 21.1. The molecule has 1 unspecified atom stereocenters. The predicted molar refractivity (Wildman–Crippen MR) is 108 cm³/mol. The average molecular weight is 438 g/mol. The van der Waals surface area contributed by atoms with E-state index in [1.807, 2.05) is 0 Å². The summed E-state index contributed by atoms with van der Waals surface area (Å²) in [6, 6.07) is 4.18. The summed E-state index contributed by atoms with van der Waals surface area (Å²) in [7, 11) is -2.17. The lowest BCUT2D eigenvalue weighted by Crippen LogP contribution is -2.50. The number of sulfonamides is 1. The van der Waals surface area contributed by atoms with Gasteiger partial charge < -0.3 is 14.4 Å². The molecule has 164 valence electrons. The van der Waals surface area contributed by atoms with Gasteiger partial charge in [-0.3, -0.25) is 4.79 Å². The van der Waals surface area contributed by atoms with Crippen molar-refractivity contribution in [2.75, 3.05) is 46.6 Å². The van der Waals surface area contributed by atoms with Crippen LogP contribution in [0.15, 0.2) is 23.1 Å². The van der Waals surface area contributed by atoms with Gasteiger partial charge in [0, 0.05) is 39.9 Å². The first-order valence-electron chi connectivity index (χ1n) is 10.2. The number of benzene rings is 1. The van der Waals surface area contributed by atoms with Crippen molar-refractivity contribution in [2.24, 2.45) is 0 Å². The third-order valence-corrected chi connectivity index (χ3v) is 7.53. The number of methoxy groups -OCH3 is 1. The molecule has 0 N–H and O–H groups in total. The molecule has 0 spiro atoms. The summed E-state index contributed by atoms with van der Waals surface area (Å²) >= 11 is 0. The van der Waals surface area contributed by atoms with Crippen LogP contribution < -0.4 is 0 Å². The maximum Gasteiger partial charge on any atom is 0.243 e. The van der Waals surface area contributed by atoms with Crippen LogP contribution in [-0.4, -0.2) is 91.1 Å². The fraction of sp³-hybridized carbons (Fsp3) is 0.632. The van der Waals surface area contributed by atoms with Crippen molar-refractivity contribution in [2.45, 2.75) is 36.7 Å². The number of aromatic nitrogens is 3. The zero-order valence-corrected chi connectivity index (χ0v) is 17.9. The molecular weight excluding hydrogens is 410 g/mol. The van der Waals surface area contributed by atoms with Gasteiger partial charge in [-0.1, -0.05) is 5.21 Å². The first-order chi connectivity index (χ1) is 14.5. The van der Waals surface area contributed by atoms with Crippen LogP contribution in [0, 0.1) is 0 Å². The van der Waals surface area contributed by atoms with Gasteiger partial charge in [0.25, 0.3) is 0 Å². The molecule has 1 amide bonds. The molecule has 11 heteroatoms. The van der Waals surface area contributed by atoms with Crippen LogP contribution in [0.4, 0.5) is 0 Å². The Morgan fingerprint density at radius 3 is 2.83 bits per heavy atom. The number of nitrogens with zero attached hydrogens (tertiary/aromatic N) is 5. The quantitative estimate of drug-likeness (QED) is 0.580. The minimum absolute atomic E-state index is 0.135. The molecule has 0 aliphatic carbocycles. The number of morpholine rings is 1. The molecule has 4 rings (SSSR count). The van der Waals surface area contributed by atoms with E-state index in [9.17, 15) is 13.2 Å². The molecule has 2 aliphatic heterocycles. The number of rotatable bonds is 7. The number of hydrogen-bond acceptors (Lipinski definition) is 7. The van der Waals surface area contributed by atoms with E-state index in [2.05, 4.69) is 10.3 Å². The summed E-state index contributed by atoms with van der Waals surface area (Å²) < 4.78 is 40.2. The maximum atomic E-state index is 13.4. The van der Waals surface area contributed by atoms with E-state index in [4.69, 9.17) is 9.47 Å². The highest BCUT2D eigenvalue weighted by Crippen LogP contribution is 2.29. The molecule has 2 saturated heterocycles. The Kier molecular flexibility index (Phi) is 6.32. The smallest absolute Gasteiger partial charge is 0.243 e. The lowest BCUT2D eigenvalue weighted by atomic mass is 10.2. The van der Waals surface area contributed by atoms with Gasteiger partial charge in [-0.25, -0.2) is 13.1 Å². The lowest BCUT2D eigenvalue weighted by Gasteiger charge is -2.32. The van der Waals surface area contributed by atoms with Gasteiger partial charge in [0.1, 0.15) is 11.6 Å². The van der Waals surface area contributed by atoms with Gasteiger partial charge >= 0.3 is 0 Å². The first kappa shape index (κ1) is 21.2. The fourth-order valence-corrected chi connectivity index (χ4v) is 5.71. The number of amides is 1. The Morgan fingerprint density at radius 1 is 1.27 bits per heavy atom. The molecule has 3 heterocycles. The van der Waals surface area contributed by atoms with Gasteiger partial charge in [-0.05, 0) is 37.5 Å². The summed E-state index contributed by atoms with van der Waals surface area (Å²) in [5.41, 5.74) is 1.29. The lowest BCUT2D eigenvalue weighted by molar-refractivity contribution is -0.138. The van der Waals surface area contributed by atoms with E-state index in [1.165, 1.54) is 4.31 Å². The predicted octanol–water partition coefficient (Wildman–Crippen LogP) is 0.480. The fourth-order valence-electron chi connectivity index (χ4n) is 4.04. The van der Waals surface area contributed by atoms with Gasteiger partial charge in [-0.15, -0.1) is 5.10 Å². The Labute approximate surface area is 175 Å². The Hall–Kier alpha value is -2.08. The highest BCUT2D eigenvalue weighted by Gasteiger charge is 2.41. The number of carbonyl (C=O) groups excluding carboxylic acids is 1. The molecular formula is C19H27N5O5S. The molecule has 2 fully saturated rings. The molecule has 0 bridgehead atoms. The molecule has 2 aliphatic rings. The molecule has 0 radical (unpaired) electrons. The molecule has 2 aromatic rings. The normalized spacial score (nSPS) is 20.8. The van der Waals surface area contributed by atoms with E-state index in [-0.39, 0.29) is 10.8 Å². The molecule has 10 nitrogen and oxygen atoms in total. The molecule has 0 saturated carbocycles. The van der Waals surface area contributed by atoms with Crippen molar-refractivity contribution in [1.29, 1.82) is 0 Å². The summed E-state index contributed by atoms with van der Waals surface area (Å²) in [6.45, 7) is 3.57. The average Bonchev–Trinajstić information content (AvgIpc) is 3.41. The van der Waals surface area contributed by atoms with Gasteiger partial charge in [-0.2, -0.15) is 4.31 Å². The standard InChI is InChI=1S/C19H27N5O5S/c1-28-11-3-7-23-17-6-5-15(14-16(17)20-21-23)30(26,27)24-8-2-4-18(24)19(25)22-9-12-29-13-10-22/h5-6,14,18H,2-4,7-13H2,1H3. The second-order valence-corrected chi connectivity index (χ2v) is 9.41. The van der Waals surface area contributed by atoms with E-state index >= 15 is 0 Å². The minimum atomic E-state index is -3.82. The minimum Gasteiger partial charge on any atom is -0.385 e. The van der Waals surface area contributed by atoms with Crippen LogP contribution in [0.25, 0.3) is 11.0 Å². The van der Waals surface area contributed by atoms with Crippen molar-refractivity contribution in [3.8, 4) is 0 Å². The molecule has 1 aromatic heterocycles. The van der Waals surface area contributed by atoms with E-state index < -0.39 is 16.1 Å². The van der Waals surface area contributed by atoms with Crippen LogP contribution >= 0.6 is 0 Å². The van der Waals surface area contributed by atoms with Crippen molar-refractivity contribution in [1.82, 2.24) is 24.2 Å². The summed E-state index contributed by atoms with van der Waals surface area (Å²) in [4.78, 5) is 14.8. The van der Waals surface area contributed by atoms with Crippen molar-refractivity contribution < 1.29 is 22.7 Å². The number of ether oxygens (including phenoxy) is 2. The monoisotopic (exact) mass is 437 g/mol. The Bertz CT molecular complexity index is 1000. The van der Waals surface area contributed by atoms with Gasteiger partial charge in [0.2, 0.25) is 15.9 Å². The van der Waals surface area contributed by atoms with E-state index in [1.54, 1.807) is 34.9 Å². The SMILES string of the molecule is COCCCn1nnc2cc(S(=O)(=O)N3CCCC3C(=O)N3CCOCC3)ccc21. The molecule has 30 heavy (non-hydrogen) atoms. The second-order valence-electron chi connectivity index (χ2n) is 7.52. The van der Waals surface area contributed by atoms with E-state index in [0.29, 0.717) is 64.4 Å². The third kappa shape index (κ3) is 4.07. The van der Waals surface area contributed by atoms with Crippen molar-refractivity contribution in [3.05, 3.63) is 18.2 Å². The number of aryl methyl sites for hydroxylation is 1. The second kappa shape index (κ2) is 8.96. The maximum absolute atomic E-state index is 13.4. The van der Waals surface area contributed by atoms with Crippen LogP contribution in [0.3, 0.4) is 0 Å². The third-order valence-electron chi connectivity index (χ3n) is 5.62. The van der Waals surface area contributed by atoms with Crippen LogP contribution in [-0.2, 0) is 30.8 Å². The topological polar surface area (TPSA) is 107 Å². The van der Waals surface area contributed by atoms with Crippen molar-refractivity contribution in [3.63, 3.8) is 0 Å². The number of carbonyl (C=O) groups is 1. The summed E-state index contributed by atoms with van der Waals surface area (Å²) in [6.07, 6.45) is 1.99. The largest absolute Gasteiger partial charge is 0.385 e. The van der Waals surface area contributed by atoms with Crippen molar-refractivity contribution >= 4 is 27.0 Å². The zero-order valence-electron chi connectivity index (χ0n) is 17.1. The van der Waals surface area contributed by atoms with Crippen LogP contribution in [0.2, 0.25) is 0 Å². The van der Waals surface area contributed by atoms with E-state index in [0.717, 1.165) is 11.9 Å². The molecule has 1 atom stereocenters.